The molecule has 0 fully saturated rings. The normalized spacial score (nSPS) is 9.88. The highest BCUT2D eigenvalue weighted by molar-refractivity contribution is 5.88. The van der Waals surface area contributed by atoms with Crippen molar-refractivity contribution in [1.29, 1.82) is 10.5 Å². The number of rotatable bonds is 3. The van der Waals surface area contributed by atoms with E-state index in [-0.39, 0.29) is 5.91 Å². The fourth-order valence-electron chi connectivity index (χ4n) is 1.02. The molecule has 1 amide bonds. The number of hydrogen-bond donors (Lipinski definition) is 1. The largest absolute Gasteiger partial charge is 0.326 e. The quantitative estimate of drug-likeness (QED) is 0.800. The molecule has 0 aromatic heterocycles. The van der Waals surface area contributed by atoms with E-state index in [1.807, 2.05) is 0 Å². The van der Waals surface area contributed by atoms with Gasteiger partial charge >= 0.3 is 0 Å². The Morgan fingerprint density at radius 3 is 2.35 bits per heavy atom. The van der Waals surface area contributed by atoms with Crippen molar-refractivity contribution in [2.45, 2.75) is 13.0 Å². The molecule has 0 radical (unpaired) electrons. The third-order valence-electron chi connectivity index (χ3n) is 1.72. The Balaban J connectivity index is 2.73. The minimum Gasteiger partial charge on any atom is -0.326 e. The average molecular weight is 227 g/mol. The second-order valence-electron chi connectivity index (χ2n) is 3.10. The van der Waals surface area contributed by atoms with Crippen LogP contribution >= 0.6 is 0 Å². The van der Waals surface area contributed by atoms with Gasteiger partial charge in [0.25, 0.3) is 0 Å². The number of nitrogens with one attached hydrogen (secondary N) is 1. The zero-order valence-corrected chi connectivity index (χ0v) is 9.08. The predicted octanol–water partition coefficient (Wildman–Crippen LogP) is 2.14. The molecule has 1 aromatic carbocycles. The summed E-state index contributed by atoms with van der Waals surface area (Å²) in [5, 5.41) is 26.8. The molecule has 0 saturated carbocycles. The average Bonchev–Trinajstić information content (AvgIpc) is 2.32. The van der Waals surface area contributed by atoms with Gasteiger partial charge in [-0.15, -0.1) is 0 Å². The van der Waals surface area contributed by atoms with Gasteiger partial charge in [-0.25, -0.2) is 0 Å². The molecule has 17 heavy (non-hydrogen) atoms. The number of nitriles is 2. The van der Waals surface area contributed by atoms with Crippen molar-refractivity contribution in [2.24, 2.45) is 10.2 Å². The van der Waals surface area contributed by atoms with E-state index in [1.165, 1.54) is 6.92 Å². The first-order valence-corrected chi connectivity index (χ1v) is 4.73. The SMILES string of the molecule is CC(=O)Nc1ccc(N=NC(C#N)C#N)cc1. The molecule has 0 bridgehead atoms. The Morgan fingerprint density at radius 2 is 1.88 bits per heavy atom. The van der Waals surface area contributed by atoms with Gasteiger partial charge in [0.15, 0.2) is 0 Å². The van der Waals surface area contributed by atoms with E-state index in [2.05, 4.69) is 15.5 Å². The zero-order chi connectivity index (χ0) is 12.7. The Labute approximate surface area is 98.2 Å². The van der Waals surface area contributed by atoms with Crippen molar-refractivity contribution >= 4 is 17.3 Å². The maximum Gasteiger partial charge on any atom is 0.242 e. The van der Waals surface area contributed by atoms with Crippen molar-refractivity contribution in [2.75, 3.05) is 5.32 Å². The number of hydrogen-bond acceptors (Lipinski definition) is 5. The number of carbonyl (C=O) groups excluding carboxylic acids is 1. The number of nitrogens with zero attached hydrogens (tertiary/aromatic N) is 4. The third kappa shape index (κ3) is 4.10. The number of anilines is 1. The van der Waals surface area contributed by atoms with Gasteiger partial charge in [-0.05, 0) is 24.3 Å². The van der Waals surface area contributed by atoms with Crippen molar-refractivity contribution in [3.8, 4) is 12.1 Å². The molecule has 1 N–H and O–H groups in total. The van der Waals surface area contributed by atoms with Crippen molar-refractivity contribution in [3.63, 3.8) is 0 Å². The van der Waals surface area contributed by atoms with Crippen LogP contribution in [0.2, 0.25) is 0 Å². The van der Waals surface area contributed by atoms with Crippen LogP contribution in [0.4, 0.5) is 11.4 Å². The van der Waals surface area contributed by atoms with E-state index in [1.54, 1.807) is 36.4 Å². The van der Waals surface area contributed by atoms with E-state index in [0.29, 0.717) is 11.4 Å². The van der Waals surface area contributed by atoms with Gasteiger partial charge in [0, 0.05) is 12.6 Å². The number of benzene rings is 1. The highest BCUT2D eigenvalue weighted by Gasteiger charge is 2.00. The summed E-state index contributed by atoms with van der Waals surface area (Å²) in [6.07, 6.45) is 0. The first-order valence-electron chi connectivity index (χ1n) is 4.73. The lowest BCUT2D eigenvalue weighted by Crippen LogP contribution is -2.04. The molecule has 6 nitrogen and oxygen atoms in total. The van der Waals surface area contributed by atoms with Gasteiger partial charge in [-0.3, -0.25) is 4.79 Å². The summed E-state index contributed by atoms with van der Waals surface area (Å²) in [7, 11) is 0. The first kappa shape index (κ1) is 12.3. The molecule has 0 aliphatic heterocycles. The van der Waals surface area contributed by atoms with E-state index >= 15 is 0 Å². The second-order valence-corrected chi connectivity index (χ2v) is 3.10. The van der Waals surface area contributed by atoms with Crippen molar-refractivity contribution in [3.05, 3.63) is 24.3 Å². The molecule has 84 valence electrons. The summed E-state index contributed by atoms with van der Waals surface area (Å²) in [6.45, 7) is 1.41. The molecule has 0 unspecified atom stereocenters. The lowest BCUT2D eigenvalue weighted by Gasteiger charge is -2.00. The maximum atomic E-state index is 10.8. The van der Waals surface area contributed by atoms with Gasteiger partial charge in [-0.1, -0.05) is 0 Å². The smallest absolute Gasteiger partial charge is 0.242 e. The van der Waals surface area contributed by atoms with Crippen LogP contribution in [0, 0.1) is 22.7 Å². The summed E-state index contributed by atoms with van der Waals surface area (Å²) in [5.41, 5.74) is 1.16. The fourth-order valence-corrected chi connectivity index (χ4v) is 1.02. The Bertz CT molecular complexity index is 492. The topological polar surface area (TPSA) is 101 Å². The van der Waals surface area contributed by atoms with E-state index in [0.717, 1.165) is 0 Å². The van der Waals surface area contributed by atoms with Crippen LogP contribution in [-0.4, -0.2) is 11.9 Å². The van der Waals surface area contributed by atoms with Crippen LogP contribution in [0.5, 0.6) is 0 Å². The Morgan fingerprint density at radius 1 is 1.29 bits per heavy atom. The van der Waals surface area contributed by atoms with E-state index < -0.39 is 6.04 Å². The van der Waals surface area contributed by atoms with E-state index in [9.17, 15) is 4.79 Å². The maximum absolute atomic E-state index is 10.8. The summed E-state index contributed by atoms with van der Waals surface area (Å²) in [5.74, 6) is -0.159. The predicted molar refractivity (Wildman–Crippen MR) is 60.3 cm³/mol. The molecular weight excluding hydrogens is 218 g/mol. The van der Waals surface area contributed by atoms with Gasteiger partial charge in [0.05, 0.1) is 5.69 Å². The molecule has 1 rings (SSSR count). The van der Waals surface area contributed by atoms with Gasteiger partial charge < -0.3 is 5.32 Å². The van der Waals surface area contributed by atoms with Crippen molar-refractivity contribution < 1.29 is 4.79 Å². The van der Waals surface area contributed by atoms with Crippen LogP contribution in [0.1, 0.15) is 6.92 Å². The van der Waals surface area contributed by atoms with Crippen molar-refractivity contribution in [1.82, 2.24) is 0 Å². The highest BCUT2D eigenvalue weighted by atomic mass is 16.1. The van der Waals surface area contributed by atoms with Crippen LogP contribution in [0.15, 0.2) is 34.5 Å². The van der Waals surface area contributed by atoms with E-state index in [4.69, 9.17) is 10.5 Å². The summed E-state index contributed by atoms with van der Waals surface area (Å²) in [4.78, 5) is 10.8. The highest BCUT2D eigenvalue weighted by Crippen LogP contribution is 2.16. The van der Waals surface area contributed by atoms with Crippen LogP contribution in [0.3, 0.4) is 0 Å². The molecule has 0 spiro atoms. The lowest BCUT2D eigenvalue weighted by atomic mass is 10.3. The standard InChI is InChI=1S/C11H9N5O/c1-8(17)14-9-2-4-10(5-3-9)15-16-11(6-12)7-13/h2-5,11H,1H3,(H,14,17). The molecule has 6 heteroatoms. The van der Waals surface area contributed by atoms with Crippen LogP contribution < -0.4 is 5.32 Å². The second kappa shape index (κ2) is 5.99. The van der Waals surface area contributed by atoms with Gasteiger partial charge in [-0.2, -0.15) is 20.8 Å². The fraction of sp³-hybridized carbons (Fsp3) is 0.182. The Hall–Kier alpha value is -2.73. The molecule has 0 aliphatic carbocycles. The molecule has 1 aromatic rings. The number of carbonyl (C=O) groups is 1. The van der Waals surface area contributed by atoms with Crippen LogP contribution in [-0.2, 0) is 4.79 Å². The monoisotopic (exact) mass is 227 g/mol. The molecule has 0 aliphatic rings. The molecule has 0 atom stereocenters. The first-order chi connectivity index (χ1) is 8.15. The third-order valence-corrected chi connectivity index (χ3v) is 1.72. The summed E-state index contributed by atoms with van der Waals surface area (Å²) < 4.78 is 0. The summed E-state index contributed by atoms with van der Waals surface area (Å²) in [6, 6.07) is 8.83. The molecule has 0 saturated heterocycles. The minimum absolute atomic E-state index is 0.159. The number of amides is 1. The minimum atomic E-state index is -1.09. The molecule has 0 heterocycles. The van der Waals surface area contributed by atoms with Gasteiger partial charge in [0.2, 0.25) is 11.9 Å². The zero-order valence-electron chi connectivity index (χ0n) is 9.08. The lowest BCUT2D eigenvalue weighted by molar-refractivity contribution is -0.114. The number of azo groups is 1. The summed E-state index contributed by atoms with van der Waals surface area (Å²) >= 11 is 0. The Kier molecular flexibility index (Phi) is 4.34. The van der Waals surface area contributed by atoms with Gasteiger partial charge in [0.1, 0.15) is 12.1 Å². The molecular formula is C11H9N5O. The van der Waals surface area contributed by atoms with Crippen LogP contribution in [0.25, 0.3) is 0 Å².